The SMILES string of the molecule is C=C(NC(=O)C(NC(=O)C(NC(=O)C(C)C(O)C(C)C(O)CCCCCCCCC)C(C)C)C(C)O)C(=O)O. The van der Waals surface area contributed by atoms with E-state index in [2.05, 4.69) is 24.1 Å². The molecule has 0 bridgehead atoms. The van der Waals surface area contributed by atoms with Crippen molar-refractivity contribution in [2.75, 3.05) is 0 Å². The van der Waals surface area contributed by atoms with E-state index in [4.69, 9.17) is 5.11 Å². The molecule has 0 saturated heterocycles. The van der Waals surface area contributed by atoms with Crippen LogP contribution in [0.15, 0.2) is 12.3 Å². The number of unbranched alkanes of at least 4 members (excludes halogenated alkanes) is 6. The van der Waals surface area contributed by atoms with Crippen LogP contribution in [-0.2, 0) is 19.2 Å². The van der Waals surface area contributed by atoms with E-state index in [-0.39, 0.29) is 0 Å². The standard InChI is InChI=1S/C28H51N3O8/c1-8-9-10-11-12-13-14-15-21(33)17(4)24(34)18(5)25(35)30-22(16(2)3)26(36)31-23(20(7)32)27(37)29-19(6)28(38)39/h16-18,20-24,32-34H,6,8-15H2,1-5,7H3,(H,29,37)(H,30,35)(H,31,36)(H,38,39). The number of amides is 3. The highest BCUT2D eigenvalue weighted by atomic mass is 16.4. The van der Waals surface area contributed by atoms with Gasteiger partial charge in [0.15, 0.2) is 0 Å². The van der Waals surface area contributed by atoms with E-state index in [0.717, 1.165) is 19.3 Å². The van der Waals surface area contributed by atoms with Gasteiger partial charge >= 0.3 is 5.97 Å². The Balaban J connectivity index is 5.09. The summed E-state index contributed by atoms with van der Waals surface area (Å²) >= 11 is 0. The van der Waals surface area contributed by atoms with Crippen LogP contribution in [0.25, 0.3) is 0 Å². The van der Waals surface area contributed by atoms with E-state index in [1.54, 1.807) is 20.8 Å². The molecular weight excluding hydrogens is 506 g/mol. The summed E-state index contributed by atoms with van der Waals surface area (Å²) in [5.41, 5.74) is -0.625. The Hall–Kier alpha value is -2.50. The molecule has 0 aliphatic rings. The fraction of sp³-hybridized carbons (Fsp3) is 0.786. The van der Waals surface area contributed by atoms with Crippen LogP contribution in [-0.4, -0.2) is 74.5 Å². The van der Waals surface area contributed by atoms with Crippen molar-refractivity contribution in [3.05, 3.63) is 12.3 Å². The monoisotopic (exact) mass is 557 g/mol. The van der Waals surface area contributed by atoms with Gasteiger partial charge in [-0.1, -0.05) is 86.1 Å². The minimum absolute atomic E-state index is 0.426. The van der Waals surface area contributed by atoms with Crippen LogP contribution in [0.5, 0.6) is 0 Å². The summed E-state index contributed by atoms with van der Waals surface area (Å²) in [4.78, 5) is 49.2. The maximum atomic E-state index is 13.0. The third kappa shape index (κ3) is 13.4. The van der Waals surface area contributed by atoms with Crippen LogP contribution >= 0.6 is 0 Å². The molecule has 226 valence electrons. The van der Waals surface area contributed by atoms with Crippen LogP contribution in [0.2, 0.25) is 0 Å². The minimum Gasteiger partial charge on any atom is -0.477 e. The number of aliphatic hydroxyl groups is 3. The first-order valence-corrected chi connectivity index (χ1v) is 14.0. The molecule has 0 aromatic carbocycles. The Bertz CT molecular complexity index is 802. The Kier molecular flexibility index (Phi) is 17.5. The molecule has 0 spiro atoms. The maximum Gasteiger partial charge on any atom is 0.351 e. The van der Waals surface area contributed by atoms with Gasteiger partial charge in [0.05, 0.1) is 24.2 Å². The fourth-order valence-electron chi connectivity index (χ4n) is 4.16. The maximum absolute atomic E-state index is 13.0. The lowest BCUT2D eigenvalue weighted by Crippen LogP contribution is -2.59. The van der Waals surface area contributed by atoms with Gasteiger partial charge in [-0.2, -0.15) is 0 Å². The number of nitrogens with one attached hydrogen (secondary N) is 3. The van der Waals surface area contributed by atoms with Crippen LogP contribution < -0.4 is 16.0 Å². The first kappa shape index (κ1) is 36.5. The Morgan fingerprint density at radius 1 is 0.744 bits per heavy atom. The van der Waals surface area contributed by atoms with Gasteiger partial charge in [0.2, 0.25) is 17.7 Å². The van der Waals surface area contributed by atoms with Crippen molar-refractivity contribution in [3.63, 3.8) is 0 Å². The zero-order valence-electron chi connectivity index (χ0n) is 24.4. The van der Waals surface area contributed by atoms with E-state index in [0.29, 0.717) is 6.42 Å². The Morgan fingerprint density at radius 3 is 1.74 bits per heavy atom. The van der Waals surface area contributed by atoms with Gasteiger partial charge in [-0.05, 0) is 19.3 Å². The zero-order chi connectivity index (χ0) is 30.3. The van der Waals surface area contributed by atoms with Gasteiger partial charge in [-0.15, -0.1) is 0 Å². The zero-order valence-corrected chi connectivity index (χ0v) is 24.4. The summed E-state index contributed by atoms with van der Waals surface area (Å²) in [5.74, 6) is -5.76. The second-order valence-electron chi connectivity index (χ2n) is 10.8. The molecule has 0 aliphatic carbocycles. The number of aliphatic carboxylic acids is 1. The number of aliphatic hydroxyl groups excluding tert-OH is 3. The number of rotatable bonds is 20. The summed E-state index contributed by atoms with van der Waals surface area (Å²) in [6, 6.07) is -2.62. The molecule has 11 heteroatoms. The highest BCUT2D eigenvalue weighted by molar-refractivity contribution is 5.97. The predicted molar refractivity (Wildman–Crippen MR) is 148 cm³/mol. The van der Waals surface area contributed by atoms with E-state index >= 15 is 0 Å². The molecular formula is C28H51N3O8. The molecule has 0 fully saturated rings. The molecule has 0 heterocycles. The third-order valence-corrected chi connectivity index (χ3v) is 7.02. The highest BCUT2D eigenvalue weighted by Gasteiger charge is 2.35. The van der Waals surface area contributed by atoms with Crippen molar-refractivity contribution in [1.29, 1.82) is 0 Å². The van der Waals surface area contributed by atoms with Gasteiger partial charge in [-0.3, -0.25) is 14.4 Å². The second-order valence-corrected chi connectivity index (χ2v) is 10.8. The van der Waals surface area contributed by atoms with Crippen LogP contribution in [0.4, 0.5) is 0 Å². The smallest absolute Gasteiger partial charge is 0.351 e. The van der Waals surface area contributed by atoms with Crippen molar-refractivity contribution in [2.24, 2.45) is 17.8 Å². The summed E-state index contributed by atoms with van der Waals surface area (Å²) in [6.45, 7) is 13.1. The number of hydrogen-bond acceptors (Lipinski definition) is 7. The normalized spacial score (nSPS) is 16.8. The van der Waals surface area contributed by atoms with Crippen molar-refractivity contribution in [1.82, 2.24) is 16.0 Å². The average molecular weight is 558 g/mol. The topological polar surface area (TPSA) is 185 Å². The molecule has 0 aromatic heterocycles. The first-order valence-electron chi connectivity index (χ1n) is 14.0. The number of carbonyl (C=O) groups excluding carboxylic acids is 3. The van der Waals surface area contributed by atoms with Crippen molar-refractivity contribution < 1.29 is 39.6 Å². The van der Waals surface area contributed by atoms with E-state index in [1.807, 2.05) is 5.32 Å². The molecule has 0 aromatic rings. The van der Waals surface area contributed by atoms with Gasteiger partial charge in [0, 0.05) is 5.92 Å². The number of carbonyl (C=O) groups is 4. The van der Waals surface area contributed by atoms with Crippen molar-refractivity contribution >= 4 is 23.7 Å². The van der Waals surface area contributed by atoms with E-state index < -0.39 is 77.5 Å². The summed E-state index contributed by atoms with van der Waals surface area (Å²) in [7, 11) is 0. The van der Waals surface area contributed by atoms with Crippen LogP contribution in [0.3, 0.4) is 0 Å². The lowest BCUT2D eigenvalue weighted by molar-refractivity contribution is -0.138. The molecule has 0 rings (SSSR count). The third-order valence-electron chi connectivity index (χ3n) is 7.02. The summed E-state index contributed by atoms with van der Waals surface area (Å²) in [5, 5.41) is 47.2. The van der Waals surface area contributed by atoms with Crippen molar-refractivity contribution in [2.45, 2.75) is 123 Å². The van der Waals surface area contributed by atoms with Crippen LogP contribution in [0.1, 0.15) is 92.9 Å². The molecule has 39 heavy (non-hydrogen) atoms. The average Bonchev–Trinajstić information content (AvgIpc) is 2.87. The molecule has 0 aliphatic heterocycles. The molecule has 0 saturated carbocycles. The molecule has 7 N–H and O–H groups in total. The van der Waals surface area contributed by atoms with E-state index in [1.165, 1.54) is 39.5 Å². The van der Waals surface area contributed by atoms with Crippen LogP contribution in [0, 0.1) is 17.8 Å². The van der Waals surface area contributed by atoms with Crippen molar-refractivity contribution in [3.8, 4) is 0 Å². The molecule has 7 atom stereocenters. The van der Waals surface area contributed by atoms with E-state index in [9.17, 15) is 34.5 Å². The highest BCUT2D eigenvalue weighted by Crippen LogP contribution is 2.21. The first-order chi connectivity index (χ1) is 18.1. The Morgan fingerprint density at radius 2 is 1.26 bits per heavy atom. The lowest BCUT2D eigenvalue weighted by Gasteiger charge is -2.30. The number of carboxylic acids is 1. The minimum atomic E-state index is -1.50. The number of carboxylic acid groups (broad SMARTS) is 1. The summed E-state index contributed by atoms with van der Waals surface area (Å²) in [6.07, 6.45) is 4.95. The quantitative estimate of drug-likeness (QED) is 0.0873. The second kappa shape index (κ2) is 18.7. The summed E-state index contributed by atoms with van der Waals surface area (Å²) < 4.78 is 0. The van der Waals surface area contributed by atoms with Gasteiger partial charge in [-0.25, -0.2) is 4.79 Å². The van der Waals surface area contributed by atoms with Gasteiger partial charge < -0.3 is 36.4 Å². The fourth-order valence-corrected chi connectivity index (χ4v) is 4.16. The van der Waals surface area contributed by atoms with Gasteiger partial charge in [0.1, 0.15) is 17.8 Å². The molecule has 3 amide bonds. The lowest BCUT2D eigenvalue weighted by atomic mass is 9.86. The number of hydrogen-bond donors (Lipinski definition) is 7. The molecule has 0 radical (unpaired) electrons. The molecule has 11 nitrogen and oxygen atoms in total. The van der Waals surface area contributed by atoms with Gasteiger partial charge in [0.25, 0.3) is 0 Å². The molecule has 7 unspecified atom stereocenters. The Labute approximate surface area is 232 Å². The largest absolute Gasteiger partial charge is 0.477 e. The predicted octanol–water partition coefficient (Wildman–Crippen LogP) is 1.84.